The van der Waals surface area contributed by atoms with Crippen LogP contribution in [0.15, 0.2) is 18.2 Å². The van der Waals surface area contributed by atoms with Crippen molar-refractivity contribution >= 4 is 0 Å². The zero-order chi connectivity index (χ0) is 14.5. The third kappa shape index (κ3) is 3.98. The molecule has 0 spiro atoms. The Labute approximate surface area is 122 Å². The summed E-state index contributed by atoms with van der Waals surface area (Å²) in [4.78, 5) is 2.57. The second-order valence-electron chi connectivity index (χ2n) is 6.03. The monoisotopic (exact) mass is 272 g/mol. The van der Waals surface area contributed by atoms with E-state index in [1.54, 1.807) is 7.11 Å². The fraction of sp³-hybridized carbons (Fsp3) is 0.588. The molecule has 0 radical (unpaired) electrons. The van der Waals surface area contributed by atoms with Crippen LogP contribution < -0.4 is 4.74 Å². The maximum absolute atomic E-state index is 9.03. The van der Waals surface area contributed by atoms with E-state index in [9.17, 15) is 0 Å². The number of nitrogens with zero attached hydrogens (tertiary/aromatic N) is 2. The van der Waals surface area contributed by atoms with Crippen molar-refractivity contribution in [1.82, 2.24) is 4.90 Å². The number of benzene rings is 1. The van der Waals surface area contributed by atoms with E-state index in [4.69, 9.17) is 10.00 Å². The first-order chi connectivity index (χ1) is 9.63. The van der Waals surface area contributed by atoms with Crippen LogP contribution in [-0.4, -0.2) is 24.6 Å². The van der Waals surface area contributed by atoms with Crippen LogP contribution in [-0.2, 0) is 6.54 Å². The van der Waals surface area contributed by atoms with Crippen molar-refractivity contribution in [3.05, 3.63) is 29.3 Å². The molecule has 0 saturated heterocycles. The Kier molecular flexibility index (Phi) is 5.03. The third-order valence-corrected chi connectivity index (χ3v) is 3.83. The zero-order valence-corrected chi connectivity index (χ0v) is 12.7. The Morgan fingerprint density at radius 1 is 1.40 bits per heavy atom. The molecule has 20 heavy (non-hydrogen) atoms. The first-order valence-electron chi connectivity index (χ1n) is 7.45. The maximum atomic E-state index is 9.03. The van der Waals surface area contributed by atoms with Crippen LogP contribution >= 0.6 is 0 Å². The van der Waals surface area contributed by atoms with Gasteiger partial charge in [0.05, 0.1) is 12.7 Å². The number of rotatable bonds is 7. The highest BCUT2D eigenvalue weighted by Crippen LogP contribution is 2.30. The topological polar surface area (TPSA) is 36.3 Å². The van der Waals surface area contributed by atoms with E-state index < -0.39 is 0 Å². The molecule has 0 aromatic heterocycles. The van der Waals surface area contributed by atoms with Crippen molar-refractivity contribution < 1.29 is 4.74 Å². The molecule has 1 aromatic carbocycles. The Morgan fingerprint density at radius 3 is 2.70 bits per heavy atom. The average molecular weight is 272 g/mol. The largest absolute Gasteiger partial charge is 0.495 e. The van der Waals surface area contributed by atoms with E-state index in [1.165, 1.54) is 24.8 Å². The van der Waals surface area contributed by atoms with Crippen molar-refractivity contribution in [2.24, 2.45) is 5.92 Å². The van der Waals surface area contributed by atoms with Crippen LogP contribution in [0.2, 0.25) is 0 Å². The van der Waals surface area contributed by atoms with Crippen molar-refractivity contribution in [3.63, 3.8) is 0 Å². The summed E-state index contributed by atoms with van der Waals surface area (Å²) in [7, 11) is 1.62. The number of ether oxygens (including phenoxy) is 1. The molecule has 1 fully saturated rings. The van der Waals surface area contributed by atoms with Gasteiger partial charge in [-0.2, -0.15) is 5.26 Å². The molecule has 0 bridgehead atoms. The summed E-state index contributed by atoms with van der Waals surface area (Å²) in [6.07, 6.45) is 3.89. The smallest absolute Gasteiger partial charge is 0.136 e. The molecule has 1 aliphatic rings. The van der Waals surface area contributed by atoms with Crippen LogP contribution in [0.4, 0.5) is 0 Å². The molecule has 108 valence electrons. The molecule has 0 aliphatic heterocycles. The van der Waals surface area contributed by atoms with Crippen molar-refractivity contribution in [1.29, 1.82) is 5.26 Å². The highest BCUT2D eigenvalue weighted by atomic mass is 16.5. The zero-order valence-electron chi connectivity index (χ0n) is 12.7. The van der Waals surface area contributed by atoms with Crippen LogP contribution in [0.3, 0.4) is 0 Å². The lowest BCUT2D eigenvalue weighted by atomic mass is 10.1. The second kappa shape index (κ2) is 6.76. The van der Waals surface area contributed by atoms with E-state index in [0.717, 1.165) is 25.0 Å². The van der Waals surface area contributed by atoms with Gasteiger partial charge in [-0.25, -0.2) is 0 Å². The number of nitriles is 1. The average Bonchev–Trinajstić information content (AvgIpc) is 3.27. The van der Waals surface area contributed by atoms with Crippen LogP contribution in [0.1, 0.15) is 44.2 Å². The summed E-state index contributed by atoms with van der Waals surface area (Å²) < 4.78 is 5.29. The van der Waals surface area contributed by atoms with E-state index in [0.29, 0.717) is 11.3 Å². The highest BCUT2D eigenvalue weighted by molar-refractivity contribution is 5.45. The van der Waals surface area contributed by atoms with Gasteiger partial charge < -0.3 is 4.74 Å². The third-order valence-electron chi connectivity index (χ3n) is 3.83. The number of methoxy groups -OCH3 is 1. The summed E-state index contributed by atoms with van der Waals surface area (Å²) in [6.45, 7) is 6.66. The van der Waals surface area contributed by atoms with Gasteiger partial charge in [-0.1, -0.05) is 19.9 Å². The molecular weight excluding hydrogens is 248 g/mol. The minimum Gasteiger partial charge on any atom is -0.495 e. The highest BCUT2D eigenvalue weighted by Gasteiger charge is 2.28. The van der Waals surface area contributed by atoms with Gasteiger partial charge in [0.25, 0.3) is 0 Å². The van der Waals surface area contributed by atoms with Gasteiger partial charge in [-0.05, 0) is 49.4 Å². The Morgan fingerprint density at radius 2 is 2.15 bits per heavy atom. The standard InChI is InChI=1S/C17H24N2O/c1-13(2)8-9-19(16-6-7-16)12-14-4-5-15(11-18)17(10-14)20-3/h4-5,10,13,16H,6-9,12H2,1-3H3. The van der Waals surface area contributed by atoms with Crippen LogP contribution in [0.25, 0.3) is 0 Å². The molecule has 3 nitrogen and oxygen atoms in total. The number of hydrogen-bond donors (Lipinski definition) is 0. The quantitative estimate of drug-likeness (QED) is 0.761. The van der Waals surface area contributed by atoms with Gasteiger partial charge in [-0.3, -0.25) is 4.90 Å². The molecule has 0 amide bonds. The molecule has 3 heteroatoms. The van der Waals surface area contributed by atoms with Gasteiger partial charge in [0.1, 0.15) is 11.8 Å². The van der Waals surface area contributed by atoms with Crippen LogP contribution in [0.5, 0.6) is 5.75 Å². The lowest BCUT2D eigenvalue weighted by Gasteiger charge is -2.23. The molecule has 2 rings (SSSR count). The minimum absolute atomic E-state index is 0.608. The molecule has 0 N–H and O–H groups in total. The SMILES string of the molecule is COc1cc(CN(CCC(C)C)C2CC2)ccc1C#N. The molecule has 0 unspecified atom stereocenters. The predicted molar refractivity (Wildman–Crippen MR) is 80.6 cm³/mol. The molecule has 1 aromatic rings. The summed E-state index contributed by atoms with van der Waals surface area (Å²) in [5.41, 5.74) is 1.84. The molecule has 1 saturated carbocycles. The molecular formula is C17H24N2O. The summed E-state index contributed by atoms with van der Waals surface area (Å²) >= 11 is 0. The first-order valence-corrected chi connectivity index (χ1v) is 7.45. The van der Waals surface area contributed by atoms with Gasteiger partial charge in [0.2, 0.25) is 0 Å². The first kappa shape index (κ1) is 14.9. The van der Waals surface area contributed by atoms with E-state index >= 15 is 0 Å². The fourth-order valence-corrected chi connectivity index (χ4v) is 2.42. The normalized spacial score (nSPS) is 14.6. The van der Waals surface area contributed by atoms with Gasteiger partial charge in [0, 0.05) is 12.6 Å². The lowest BCUT2D eigenvalue weighted by Crippen LogP contribution is -2.27. The lowest BCUT2D eigenvalue weighted by molar-refractivity contribution is 0.239. The van der Waals surface area contributed by atoms with E-state index in [2.05, 4.69) is 24.8 Å². The molecule has 1 aliphatic carbocycles. The fourth-order valence-electron chi connectivity index (χ4n) is 2.42. The van der Waals surface area contributed by atoms with Gasteiger partial charge >= 0.3 is 0 Å². The van der Waals surface area contributed by atoms with E-state index in [-0.39, 0.29) is 0 Å². The van der Waals surface area contributed by atoms with E-state index in [1.807, 2.05) is 18.2 Å². The van der Waals surface area contributed by atoms with Crippen molar-refractivity contribution in [2.75, 3.05) is 13.7 Å². The Bertz CT molecular complexity index is 486. The number of hydrogen-bond acceptors (Lipinski definition) is 3. The van der Waals surface area contributed by atoms with Crippen LogP contribution in [0, 0.1) is 17.2 Å². The van der Waals surface area contributed by atoms with Gasteiger partial charge in [-0.15, -0.1) is 0 Å². The second-order valence-corrected chi connectivity index (χ2v) is 6.03. The summed E-state index contributed by atoms with van der Waals surface area (Å²) in [5, 5.41) is 9.03. The Hall–Kier alpha value is -1.53. The predicted octanol–water partition coefficient (Wildman–Crippen LogP) is 3.58. The van der Waals surface area contributed by atoms with Gasteiger partial charge in [0.15, 0.2) is 0 Å². The molecule has 0 atom stereocenters. The maximum Gasteiger partial charge on any atom is 0.136 e. The van der Waals surface area contributed by atoms with Crippen molar-refractivity contribution in [2.45, 2.75) is 45.7 Å². The summed E-state index contributed by atoms with van der Waals surface area (Å²) in [5.74, 6) is 1.43. The molecule has 0 heterocycles. The minimum atomic E-state index is 0.608. The summed E-state index contributed by atoms with van der Waals surface area (Å²) in [6, 6.07) is 8.84. The van der Waals surface area contributed by atoms with Crippen molar-refractivity contribution in [3.8, 4) is 11.8 Å². The Balaban J connectivity index is 2.04.